The van der Waals surface area contributed by atoms with Crippen LogP contribution in [-0.4, -0.2) is 11.6 Å². The average Bonchev–Trinajstić information content (AvgIpc) is 2.47. The van der Waals surface area contributed by atoms with Crippen molar-refractivity contribution < 1.29 is 9.59 Å². The van der Waals surface area contributed by atoms with E-state index >= 15 is 0 Å². The minimum Gasteiger partial charge on any atom is -0.295 e. The van der Waals surface area contributed by atoms with Gasteiger partial charge in [-0.1, -0.05) is 55.5 Å². The standard InChI is InChI=1S/C19H20O2/c1-13(17-8-10-19(11-9-17)15(3)21)12-16-4-6-18(7-5-16)14(2)20/h4-11,13H,12H2,1-3H3/t13-/m1/s1. The Bertz CT molecular complexity index is 636. The number of benzene rings is 2. The lowest BCUT2D eigenvalue weighted by Crippen LogP contribution is -2.00. The van der Waals surface area contributed by atoms with Crippen LogP contribution < -0.4 is 0 Å². The fraction of sp³-hybridized carbons (Fsp3) is 0.263. The second kappa shape index (κ2) is 6.49. The van der Waals surface area contributed by atoms with Gasteiger partial charge in [0.15, 0.2) is 11.6 Å². The van der Waals surface area contributed by atoms with Crippen LogP contribution in [0, 0.1) is 0 Å². The summed E-state index contributed by atoms with van der Waals surface area (Å²) in [5, 5.41) is 0. The first kappa shape index (κ1) is 15.2. The van der Waals surface area contributed by atoms with Gasteiger partial charge in [-0.2, -0.15) is 0 Å². The molecule has 0 bridgehead atoms. The predicted molar refractivity (Wildman–Crippen MR) is 85.0 cm³/mol. The van der Waals surface area contributed by atoms with Crippen LogP contribution in [0.1, 0.15) is 58.5 Å². The molecule has 0 heterocycles. The Balaban J connectivity index is 2.08. The quantitative estimate of drug-likeness (QED) is 0.759. The largest absolute Gasteiger partial charge is 0.295 e. The minimum absolute atomic E-state index is 0.0917. The molecule has 0 aliphatic heterocycles. The third-order valence-corrected chi connectivity index (χ3v) is 3.79. The van der Waals surface area contributed by atoms with Gasteiger partial charge in [-0.25, -0.2) is 0 Å². The molecule has 2 aromatic rings. The summed E-state index contributed by atoms with van der Waals surface area (Å²) >= 11 is 0. The Labute approximate surface area is 125 Å². The van der Waals surface area contributed by atoms with Crippen molar-refractivity contribution in [2.24, 2.45) is 0 Å². The molecule has 0 saturated carbocycles. The van der Waals surface area contributed by atoms with E-state index in [4.69, 9.17) is 0 Å². The maximum Gasteiger partial charge on any atom is 0.159 e. The van der Waals surface area contributed by atoms with Gasteiger partial charge in [0, 0.05) is 11.1 Å². The molecule has 21 heavy (non-hydrogen) atoms. The number of rotatable bonds is 5. The Morgan fingerprint density at radius 1 is 0.810 bits per heavy atom. The summed E-state index contributed by atoms with van der Waals surface area (Å²) < 4.78 is 0. The Hall–Kier alpha value is -2.22. The van der Waals surface area contributed by atoms with E-state index < -0.39 is 0 Å². The lowest BCUT2D eigenvalue weighted by molar-refractivity contribution is 0.100. The van der Waals surface area contributed by atoms with E-state index in [9.17, 15) is 9.59 Å². The summed E-state index contributed by atoms with van der Waals surface area (Å²) in [5.74, 6) is 0.553. The zero-order chi connectivity index (χ0) is 15.4. The Morgan fingerprint density at radius 3 is 1.67 bits per heavy atom. The maximum absolute atomic E-state index is 11.3. The number of ketones is 2. The van der Waals surface area contributed by atoms with Crippen LogP contribution >= 0.6 is 0 Å². The van der Waals surface area contributed by atoms with Crippen LogP contribution in [0.4, 0.5) is 0 Å². The summed E-state index contributed by atoms with van der Waals surface area (Å²) in [6.07, 6.45) is 0.914. The molecule has 2 nitrogen and oxygen atoms in total. The van der Waals surface area contributed by atoms with Gasteiger partial charge in [-0.05, 0) is 37.3 Å². The molecule has 0 N–H and O–H groups in total. The highest BCUT2D eigenvalue weighted by Gasteiger charge is 2.08. The zero-order valence-electron chi connectivity index (χ0n) is 12.7. The third-order valence-electron chi connectivity index (χ3n) is 3.79. The second-order valence-corrected chi connectivity index (χ2v) is 5.54. The minimum atomic E-state index is 0.0917. The number of Topliss-reactive ketones (excluding diaryl/α,β-unsaturated/α-hetero) is 2. The number of carbonyl (C=O) groups excluding carboxylic acids is 2. The van der Waals surface area contributed by atoms with E-state index in [0.717, 1.165) is 17.5 Å². The maximum atomic E-state index is 11.3. The summed E-state index contributed by atoms with van der Waals surface area (Å²) in [7, 11) is 0. The van der Waals surface area contributed by atoms with E-state index in [1.807, 2.05) is 48.5 Å². The van der Waals surface area contributed by atoms with Crippen molar-refractivity contribution in [1.29, 1.82) is 0 Å². The average molecular weight is 280 g/mol. The van der Waals surface area contributed by atoms with E-state index in [-0.39, 0.29) is 11.6 Å². The van der Waals surface area contributed by atoms with Crippen LogP contribution in [0.2, 0.25) is 0 Å². The molecule has 0 spiro atoms. The van der Waals surface area contributed by atoms with E-state index in [2.05, 4.69) is 6.92 Å². The van der Waals surface area contributed by atoms with Crippen molar-refractivity contribution in [2.45, 2.75) is 33.1 Å². The number of hydrogen-bond acceptors (Lipinski definition) is 2. The highest BCUT2D eigenvalue weighted by Crippen LogP contribution is 2.21. The lowest BCUT2D eigenvalue weighted by atomic mass is 9.92. The monoisotopic (exact) mass is 280 g/mol. The molecule has 0 aliphatic carbocycles. The van der Waals surface area contributed by atoms with Crippen LogP contribution in [0.3, 0.4) is 0 Å². The molecule has 0 fully saturated rings. The molecule has 2 aromatic carbocycles. The molecule has 0 unspecified atom stereocenters. The van der Waals surface area contributed by atoms with Crippen molar-refractivity contribution in [1.82, 2.24) is 0 Å². The highest BCUT2D eigenvalue weighted by molar-refractivity contribution is 5.94. The molecule has 0 aromatic heterocycles. The molecule has 2 rings (SSSR count). The molecule has 2 heteroatoms. The van der Waals surface area contributed by atoms with Gasteiger partial charge >= 0.3 is 0 Å². The third kappa shape index (κ3) is 3.88. The van der Waals surface area contributed by atoms with Gasteiger partial charge in [0.2, 0.25) is 0 Å². The first-order valence-electron chi connectivity index (χ1n) is 7.18. The Kier molecular flexibility index (Phi) is 4.69. The fourth-order valence-electron chi connectivity index (χ4n) is 2.39. The zero-order valence-corrected chi connectivity index (χ0v) is 12.7. The second-order valence-electron chi connectivity index (χ2n) is 5.54. The number of hydrogen-bond donors (Lipinski definition) is 0. The summed E-state index contributed by atoms with van der Waals surface area (Å²) in [4.78, 5) is 22.5. The normalized spacial score (nSPS) is 12.0. The van der Waals surface area contributed by atoms with Crippen molar-refractivity contribution >= 4 is 11.6 Å². The molecular weight excluding hydrogens is 260 g/mol. The van der Waals surface area contributed by atoms with Crippen LogP contribution in [0.25, 0.3) is 0 Å². The van der Waals surface area contributed by atoms with Crippen LogP contribution in [0.5, 0.6) is 0 Å². The van der Waals surface area contributed by atoms with Gasteiger partial charge in [-0.3, -0.25) is 9.59 Å². The first-order chi connectivity index (χ1) is 9.97. The number of carbonyl (C=O) groups is 2. The summed E-state index contributed by atoms with van der Waals surface area (Å²) in [5.41, 5.74) is 3.92. The van der Waals surface area contributed by atoms with E-state index in [1.54, 1.807) is 13.8 Å². The van der Waals surface area contributed by atoms with Crippen molar-refractivity contribution in [3.63, 3.8) is 0 Å². The summed E-state index contributed by atoms with van der Waals surface area (Å²) in [6.45, 7) is 5.32. The molecule has 0 amide bonds. The molecule has 108 valence electrons. The summed E-state index contributed by atoms with van der Waals surface area (Å²) in [6, 6.07) is 15.6. The molecule has 1 atom stereocenters. The molecule has 0 saturated heterocycles. The van der Waals surface area contributed by atoms with Crippen molar-refractivity contribution in [3.8, 4) is 0 Å². The Morgan fingerprint density at radius 2 is 1.24 bits per heavy atom. The van der Waals surface area contributed by atoms with Gasteiger partial charge in [0.1, 0.15) is 0 Å². The van der Waals surface area contributed by atoms with Gasteiger partial charge in [0.05, 0.1) is 0 Å². The first-order valence-corrected chi connectivity index (χ1v) is 7.18. The predicted octanol–water partition coefficient (Wildman–Crippen LogP) is 4.44. The fourth-order valence-corrected chi connectivity index (χ4v) is 2.39. The van der Waals surface area contributed by atoms with E-state index in [0.29, 0.717) is 5.92 Å². The van der Waals surface area contributed by atoms with Crippen LogP contribution in [-0.2, 0) is 6.42 Å². The highest BCUT2D eigenvalue weighted by atomic mass is 16.1. The molecular formula is C19H20O2. The topological polar surface area (TPSA) is 34.1 Å². The van der Waals surface area contributed by atoms with Crippen molar-refractivity contribution in [2.75, 3.05) is 0 Å². The van der Waals surface area contributed by atoms with Crippen LogP contribution in [0.15, 0.2) is 48.5 Å². The lowest BCUT2D eigenvalue weighted by Gasteiger charge is -2.12. The molecule has 0 radical (unpaired) electrons. The van der Waals surface area contributed by atoms with Gasteiger partial charge < -0.3 is 0 Å². The van der Waals surface area contributed by atoms with Gasteiger partial charge in [-0.15, -0.1) is 0 Å². The van der Waals surface area contributed by atoms with E-state index in [1.165, 1.54) is 11.1 Å². The molecule has 0 aliphatic rings. The SMILES string of the molecule is CC(=O)c1ccc(C[C@@H](C)c2ccc(C(C)=O)cc2)cc1. The van der Waals surface area contributed by atoms with Gasteiger partial charge in [0.25, 0.3) is 0 Å². The van der Waals surface area contributed by atoms with Crippen molar-refractivity contribution in [3.05, 3.63) is 70.8 Å². The smallest absolute Gasteiger partial charge is 0.159 e.